The smallest absolute Gasteiger partial charge is 0.226 e. The Morgan fingerprint density at radius 2 is 1.80 bits per heavy atom. The number of benzene rings is 2. The summed E-state index contributed by atoms with van der Waals surface area (Å²) in [5, 5.41) is 9.54. The molecule has 35 heavy (non-hydrogen) atoms. The molecule has 4 aromatic rings. The van der Waals surface area contributed by atoms with Gasteiger partial charge < -0.3 is 9.42 Å². The van der Waals surface area contributed by atoms with Crippen molar-refractivity contribution in [3.05, 3.63) is 83.1 Å². The molecule has 0 radical (unpaired) electrons. The zero-order chi connectivity index (χ0) is 25.0. The molecule has 4 rings (SSSR count). The highest BCUT2D eigenvalue weighted by molar-refractivity contribution is 6.30. The predicted molar refractivity (Wildman–Crippen MR) is 136 cm³/mol. The molecule has 1 amide bonds. The number of rotatable bonds is 8. The number of carbonyl (C=O) groups is 1. The van der Waals surface area contributed by atoms with Crippen LogP contribution in [0.25, 0.3) is 16.9 Å². The molecule has 0 bridgehead atoms. The van der Waals surface area contributed by atoms with Crippen LogP contribution < -0.4 is 0 Å². The minimum atomic E-state index is -0.163. The molecule has 0 unspecified atom stereocenters. The fourth-order valence-electron chi connectivity index (χ4n) is 3.68. The van der Waals surface area contributed by atoms with Crippen LogP contribution in [0.1, 0.15) is 50.9 Å². The monoisotopic (exact) mass is 491 g/mol. The fourth-order valence-corrected chi connectivity index (χ4v) is 3.80. The van der Waals surface area contributed by atoms with E-state index in [0.717, 1.165) is 22.5 Å². The van der Waals surface area contributed by atoms with E-state index in [0.29, 0.717) is 42.5 Å². The molecule has 8 heteroatoms. The first kappa shape index (κ1) is 24.7. The van der Waals surface area contributed by atoms with Gasteiger partial charge in [0.1, 0.15) is 0 Å². The summed E-state index contributed by atoms with van der Waals surface area (Å²) >= 11 is 6.09. The molecule has 0 spiro atoms. The van der Waals surface area contributed by atoms with E-state index in [1.54, 1.807) is 4.90 Å². The SMILES string of the molecule is CN(Cc1cn(-c2ccccc2)nc1-c1ccc(Cl)cc1)C(=O)CCCc1nc(C(C)(C)C)no1. The number of amides is 1. The molecule has 0 saturated heterocycles. The average Bonchev–Trinajstić information content (AvgIpc) is 3.48. The third-order valence-corrected chi connectivity index (χ3v) is 5.93. The van der Waals surface area contributed by atoms with Crippen molar-refractivity contribution < 1.29 is 9.32 Å². The maximum atomic E-state index is 12.9. The molecule has 2 heterocycles. The van der Waals surface area contributed by atoms with Crippen LogP contribution in [0, 0.1) is 0 Å². The lowest BCUT2D eigenvalue weighted by Crippen LogP contribution is -2.26. The van der Waals surface area contributed by atoms with Crippen molar-refractivity contribution in [3.8, 4) is 16.9 Å². The van der Waals surface area contributed by atoms with Gasteiger partial charge in [0.05, 0.1) is 11.4 Å². The Bertz CT molecular complexity index is 1270. The van der Waals surface area contributed by atoms with Gasteiger partial charge in [0.25, 0.3) is 0 Å². The highest BCUT2D eigenvalue weighted by Crippen LogP contribution is 2.26. The van der Waals surface area contributed by atoms with E-state index in [-0.39, 0.29) is 11.3 Å². The summed E-state index contributed by atoms with van der Waals surface area (Å²) < 4.78 is 7.19. The quantitative estimate of drug-likeness (QED) is 0.309. The number of aryl methyl sites for hydroxylation is 1. The predicted octanol–water partition coefficient (Wildman–Crippen LogP) is 5.85. The molecule has 7 nitrogen and oxygen atoms in total. The molecule has 2 aromatic heterocycles. The van der Waals surface area contributed by atoms with Gasteiger partial charge in [-0.2, -0.15) is 10.1 Å². The summed E-state index contributed by atoms with van der Waals surface area (Å²) in [7, 11) is 1.82. The maximum absolute atomic E-state index is 12.9. The van der Waals surface area contributed by atoms with Crippen molar-refractivity contribution >= 4 is 17.5 Å². The second kappa shape index (κ2) is 10.4. The van der Waals surface area contributed by atoms with Gasteiger partial charge in [-0.15, -0.1) is 0 Å². The van der Waals surface area contributed by atoms with Gasteiger partial charge in [0, 0.05) is 54.2 Å². The van der Waals surface area contributed by atoms with Gasteiger partial charge in [-0.25, -0.2) is 4.68 Å². The molecule has 0 saturated carbocycles. The molecule has 0 atom stereocenters. The van der Waals surface area contributed by atoms with Crippen LogP contribution in [0.4, 0.5) is 0 Å². The van der Waals surface area contributed by atoms with Crippen LogP contribution in [0.2, 0.25) is 5.02 Å². The average molecular weight is 492 g/mol. The summed E-state index contributed by atoms with van der Waals surface area (Å²) in [5.74, 6) is 1.30. The van der Waals surface area contributed by atoms with Crippen LogP contribution in [-0.2, 0) is 23.2 Å². The Labute approximate surface area is 210 Å². The van der Waals surface area contributed by atoms with Gasteiger partial charge in [0.15, 0.2) is 5.82 Å². The number of halogens is 1. The third kappa shape index (κ3) is 6.17. The van der Waals surface area contributed by atoms with Gasteiger partial charge in [-0.1, -0.05) is 67.9 Å². The van der Waals surface area contributed by atoms with Crippen molar-refractivity contribution in [2.24, 2.45) is 0 Å². The van der Waals surface area contributed by atoms with Gasteiger partial charge >= 0.3 is 0 Å². The molecule has 2 aromatic carbocycles. The van der Waals surface area contributed by atoms with E-state index >= 15 is 0 Å². The second-order valence-corrected chi connectivity index (χ2v) is 10.1. The molecule has 0 aliphatic carbocycles. The number of para-hydroxylation sites is 1. The van der Waals surface area contributed by atoms with E-state index in [1.807, 2.05) is 93.3 Å². The summed E-state index contributed by atoms with van der Waals surface area (Å²) in [5.41, 5.74) is 3.52. The standard InChI is InChI=1S/C27H30ClN5O2/c1-27(2,3)26-29-23(35-31-26)11-8-12-24(34)32(4)17-20-18-33(22-9-6-5-7-10-22)30-25(20)19-13-15-21(28)16-14-19/h5-7,9-10,13-16,18H,8,11-12,17H2,1-4H3. The van der Waals surface area contributed by atoms with Crippen molar-refractivity contribution in [2.45, 2.75) is 52.0 Å². The van der Waals surface area contributed by atoms with E-state index in [9.17, 15) is 4.79 Å². The Morgan fingerprint density at radius 3 is 2.46 bits per heavy atom. The third-order valence-electron chi connectivity index (χ3n) is 5.68. The summed E-state index contributed by atoms with van der Waals surface area (Å²) in [6.07, 6.45) is 3.59. The number of nitrogens with zero attached hydrogens (tertiary/aromatic N) is 5. The lowest BCUT2D eigenvalue weighted by Gasteiger charge is -2.17. The molecule has 0 aliphatic rings. The lowest BCUT2D eigenvalue weighted by molar-refractivity contribution is -0.130. The zero-order valence-corrected chi connectivity index (χ0v) is 21.3. The molecular weight excluding hydrogens is 462 g/mol. The summed E-state index contributed by atoms with van der Waals surface area (Å²) in [6, 6.07) is 17.5. The first-order valence-electron chi connectivity index (χ1n) is 11.7. The van der Waals surface area contributed by atoms with Crippen molar-refractivity contribution in [1.29, 1.82) is 0 Å². The fraction of sp³-hybridized carbons (Fsp3) is 0.333. The number of hydrogen-bond acceptors (Lipinski definition) is 5. The summed E-state index contributed by atoms with van der Waals surface area (Å²) in [4.78, 5) is 19.1. The number of carbonyl (C=O) groups excluding carboxylic acids is 1. The topological polar surface area (TPSA) is 77.1 Å². The van der Waals surface area contributed by atoms with Gasteiger partial charge in [-0.05, 0) is 30.7 Å². The van der Waals surface area contributed by atoms with Crippen LogP contribution in [-0.4, -0.2) is 37.8 Å². The highest BCUT2D eigenvalue weighted by atomic mass is 35.5. The molecular formula is C27H30ClN5O2. The van der Waals surface area contributed by atoms with Crippen LogP contribution >= 0.6 is 11.6 Å². The maximum Gasteiger partial charge on any atom is 0.226 e. The first-order chi connectivity index (χ1) is 16.7. The van der Waals surface area contributed by atoms with Crippen LogP contribution in [0.5, 0.6) is 0 Å². The zero-order valence-electron chi connectivity index (χ0n) is 20.5. The van der Waals surface area contributed by atoms with Crippen molar-refractivity contribution in [1.82, 2.24) is 24.8 Å². The molecule has 182 valence electrons. The normalized spacial score (nSPS) is 11.6. The van der Waals surface area contributed by atoms with Crippen LogP contribution in [0.3, 0.4) is 0 Å². The second-order valence-electron chi connectivity index (χ2n) is 9.66. The minimum absolute atomic E-state index is 0.0510. The van der Waals surface area contributed by atoms with E-state index in [1.165, 1.54) is 0 Å². The van der Waals surface area contributed by atoms with E-state index in [4.69, 9.17) is 21.2 Å². The van der Waals surface area contributed by atoms with Crippen molar-refractivity contribution in [3.63, 3.8) is 0 Å². The highest BCUT2D eigenvalue weighted by Gasteiger charge is 2.21. The van der Waals surface area contributed by atoms with Crippen LogP contribution in [0.15, 0.2) is 65.3 Å². The van der Waals surface area contributed by atoms with E-state index in [2.05, 4.69) is 10.1 Å². The Balaban J connectivity index is 1.45. The van der Waals surface area contributed by atoms with Crippen molar-refractivity contribution in [2.75, 3.05) is 7.05 Å². The lowest BCUT2D eigenvalue weighted by atomic mass is 9.96. The largest absolute Gasteiger partial charge is 0.341 e. The minimum Gasteiger partial charge on any atom is -0.341 e. The molecule has 0 N–H and O–H groups in total. The first-order valence-corrected chi connectivity index (χ1v) is 12.1. The van der Waals surface area contributed by atoms with Gasteiger partial charge in [-0.3, -0.25) is 4.79 Å². The molecule has 0 fully saturated rings. The Morgan fingerprint density at radius 1 is 1.09 bits per heavy atom. The van der Waals surface area contributed by atoms with E-state index < -0.39 is 0 Å². The summed E-state index contributed by atoms with van der Waals surface area (Å²) in [6.45, 7) is 6.56. The Kier molecular flexibility index (Phi) is 7.36. The Hall–Kier alpha value is -3.45. The molecule has 0 aliphatic heterocycles. The van der Waals surface area contributed by atoms with Gasteiger partial charge in [0.2, 0.25) is 11.8 Å². The number of aromatic nitrogens is 4. The number of hydrogen-bond donors (Lipinski definition) is 0.